The quantitative estimate of drug-likeness (QED) is 0.476. The Hall–Kier alpha value is -3.26. The summed E-state index contributed by atoms with van der Waals surface area (Å²) in [6.07, 6.45) is 1.50. The van der Waals surface area contributed by atoms with E-state index < -0.39 is 0 Å². The van der Waals surface area contributed by atoms with Gasteiger partial charge in [0.1, 0.15) is 39.0 Å². The second-order valence-electron chi connectivity index (χ2n) is 8.72. The fourth-order valence-corrected chi connectivity index (χ4v) is 3.59. The SMILES string of the molecule is O=Cc1ccc2c(c1)OCCOCCOCCOCCOc1cc(C=O)ccc1OCCOCCOCCOCCO2. The lowest BCUT2D eigenvalue weighted by atomic mass is 10.2. The van der Waals surface area contributed by atoms with Crippen molar-refractivity contribution in [3.63, 3.8) is 0 Å². The highest BCUT2D eigenvalue weighted by Gasteiger charge is 2.09. The summed E-state index contributed by atoms with van der Waals surface area (Å²) in [6, 6.07) is 9.98. The second-order valence-corrected chi connectivity index (χ2v) is 8.72. The number of carbonyl (C=O) groups is 2. The summed E-state index contributed by atoms with van der Waals surface area (Å²) in [7, 11) is 0. The van der Waals surface area contributed by atoms with E-state index in [1.54, 1.807) is 36.4 Å². The van der Waals surface area contributed by atoms with E-state index in [9.17, 15) is 9.59 Å². The third-order valence-electron chi connectivity index (χ3n) is 5.64. The Morgan fingerprint density at radius 2 is 0.619 bits per heavy atom. The lowest BCUT2D eigenvalue weighted by Gasteiger charge is -2.14. The summed E-state index contributed by atoms with van der Waals surface area (Å²) in [6.45, 7) is 5.83. The molecule has 0 unspecified atom stereocenters. The van der Waals surface area contributed by atoms with Gasteiger partial charge < -0.3 is 47.4 Å². The molecular weight excluding hydrogens is 552 g/mol. The van der Waals surface area contributed by atoms with E-state index in [2.05, 4.69) is 0 Å². The fourth-order valence-electron chi connectivity index (χ4n) is 3.59. The highest BCUT2D eigenvalue weighted by molar-refractivity contribution is 5.77. The third kappa shape index (κ3) is 13.6. The maximum Gasteiger partial charge on any atom is 0.162 e. The summed E-state index contributed by atoms with van der Waals surface area (Å²) < 4.78 is 56.4. The molecule has 1 aliphatic heterocycles. The molecule has 1 aliphatic rings. The molecule has 0 amide bonds. The number of hydrogen-bond donors (Lipinski definition) is 0. The van der Waals surface area contributed by atoms with Crippen molar-refractivity contribution < 1.29 is 57.0 Å². The van der Waals surface area contributed by atoms with E-state index in [1.807, 2.05) is 0 Å². The molecule has 232 valence electrons. The molecule has 0 atom stereocenters. The van der Waals surface area contributed by atoms with E-state index in [-0.39, 0.29) is 13.2 Å². The minimum Gasteiger partial charge on any atom is -0.487 e. The van der Waals surface area contributed by atoms with Gasteiger partial charge in [0.15, 0.2) is 23.0 Å². The zero-order chi connectivity index (χ0) is 29.5. The van der Waals surface area contributed by atoms with Crippen molar-refractivity contribution in [2.24, 2.45) is 0 Å². The predicted octanol–water partition coefficient (Wildman–Crippen LogP) is 2.64. The van der Waals surface area contributed by atoms with Crippen LogP contribution in [0.4, 0.5) is 0 Å². The molecule has 2 aromatic rings. The second kappa shape index (κ2) is 21.4. The van der Waals surface area contributed by atoms with E-state index >= 15 is 0 Å². The van der Waals surface area contributed by atoms with Crippen molar-refractivity contribution in [2.45, 2.75) is 0 Å². The van der Waals surface area contributed by atoms with Crippen LogP contribution < -0.4 is 18.9 Å². The van der Waals surface area contributed by atoms with Crippen molar-refractivity contribution >= 4 is 12.6 Å². The molecule has 0 aromatic heterocycles. The van der Waals surface area contributed by atoms with E-state index in [0.717, 1.165) is 12.6 Å². The number of hydrogen-bond acceptors (Lipinski definition) is 12. The van der Waals surface area contributed by atoms with Crippen LogP contribution in [-0.4, -0.2) is 118 Å². The van der Waals surface area contributed by atoms with Gasteiger partial charge in [0.25, 0.3) is 0 Å². The Balaban J connectivity index is 1.43. The van der Waals surface area contributed by atoms with E-state index in [0.29, 0.717) is 127 Å². The molecular formula is C30H40O12. The number of ether oxygens (including phenoxy) is 10. The van der Waals surface area contributed by atoms with Gasteiger partial charge in [0, 0.05) is 11.1 Å². The Bertz CT molecular complexity index is 952. The standard InChI is InChI=1S/C30H40O12/c31-23-25-1-3-27-29(21-25)41-19-15-37-11-7-34-8-12-38-16-20-42-30-22-26(24-32)2-4-28(30)40-18-14-36-10-6-33-5-9-35-13-17-39-27/h1-4,21-24H,5-20H2. The average Bonchev–Trinajstić information content (AvgIpc) is 3.02. The summed E-state index contributed by atoms with van der Waals surface area (Å²) in [5.74, 6) is 1.96. The molecule has 2 aromatic carbocycles. The number of benzene rings is 2. The first-order valence-electron chi connectivity index (χ1n) is 14.0. The monoisotopic (exact) mass is 592 g/mol. The molecule has 1 heterocycles. The van der Waals surface area contributed by atoms with Crippen molar-refractivity contribution in [1.82, 2.24) is 0 Å². The van der Waals surface area contributed by atoms with Crippen LogP contribution in [0.2, 0.25) is 0 Å². The van der Waals surface area contributed by atoms with E-state index in [1.165, 1.54) is 0 Å². The molecule has 0 saturated heterocycles. The molecule has 0 N–H and O–H groups in total. The van der Waals surface area contributed by atoms with Crippen LogP contribution in [0.3, 0.4) is 0 Å². The van der Waals surface area contributed by atoms with Crippen LogP contribution in [0, 0.1) is 0 Å². The molecule has 12 nitrogen and oxygen atoms in total. The molecule has 12 heteroatoms. The van der Waals surface area contributed by atoms with Gasteiger partial charge in [-0.2, -0.15) is 0 Å². The van der Waals surface area contributed by atoms with Crippen LogP contribution in [0.15, 0.2) is 36.4 Å². The fraction of sp³-hybridized carbons (Fsp3) is 0.533. The largest absolute Gasteiger partial charge is 0.487 e. The van der Waals surface area contributed by atoms with Gasteiger partial charge in [-0.1, -0.05) is 0 Å². The summed E-state index contributed by atoms with van der Waals surface area (Å²) in [4.78, 5) is 22.4. The van der Waals surface area contributed by atoms with Gasteiger partial charge in [-0.25, -0.2) is 0 Å². The van der Waals surface area contributed by atoms with Crippen LogP contribution in [0.25, 0.3) is 0 Å². The molecule has 0 aliphatic carbocycles. The topological polar surface area (TPSA) is 126 Å². The van der Waals surface area contributed by atoms with Crippen molar-refractivity contribution in [1.29, 1.82) is 0 Å². The molecule has 0 fully saturated rings. The highest BCUT2D eigenvalue weighted by Crippen LogP contribution is 2.29. The summed E-state index contributed by atoms with van der Waals surface area (Å²) in [5.41, 5.74) is 0.971. The molecule has 0 radical (unpaired) electrons. The zero-order valence-electron chi connectivity index (χ0n) is 23.8. The number of fused-ring (bicyclic) bond motifs is 2. The van der Waals surface area contributed by atoms with Gasteiger partial charge in [0.05, 0.1) is 79.3 Å². The Morgan fingerprint density at radius 3 is 0.905 bits per heavy atom. The summed E-state index contributed by atoms with van der Waals surface area (Å²) in [5, 5.41) is 0. The van der Waals surface area contributed by atoms with Gasteiger partial charge >= 0.3 is 0 Å². The average molecular weight is 593 g/mol. The van der Waals surface area contributed by atoms with Crippen LogP contribution >= 0.6 is 0 Å². The molecule has 0 saturated carbocycles. The van der Waals surface area contributed by atoms with Gasteiger partial charge in [0.2, 0.25) is 0 Å². The Morgan fingerprint density at radius 1 is 0.357 bits per heavy atom. The molecule has 3 rings (SSSR count). The first-order valence-corrected chi connectivity index (χ1v) is 14.0. The predicted molar refractivity (Wildman–Crippen MR) is 151 cm³/mol. The zero-order valence-corrected chi connectivity index (χ0v) is 23.8. The van der Waals surface area contributed by atoms with E-state index in [4.69, 9.17) is 47.4 Å². The minimum absolute atomic E-state index is 0.280. The smallest absolute Gasteiger partial charge is 0.162 e. The van der Waals surface area contributed by atoms with Gasteiger partial charge in [-0.15, -0.1) is 0 Å². The Labute approximate surface area is 246 Å². The molecule has 42 heavy (non-hydrogen) atoms. The summed E-state index contributed by atoms with van der Waals surface area (Å²) >= 11 is 0. The molecule has 0 bridgehead atoms. The number of carbonyl (C=O) groups excluding carboxylic acids is 2. The normalized spacial score (nSPS) is 18.3. The Kier molecular flexibility index (Phi) is 17.0. The first kappa shape index (κ1) is 33.2. The highest BCUT2D eigenvalue weighted by atomic mass is 16.6. The lowest BCUT2D eigenvalue weighted by molar-refractivity contribution is 0.00248. The van der Waals surface area contributed by atoms with Crippen molar-refractivity contribution in [2.75, 3.05) is 106 Å². The van der Waals surface area contributed by atoms with Crippen LogP contribution in [0.5, 0.6) is 23.0 Å². The third-order valence-corrected chi connectivity index (χ3v) is 5.64. The number of aldehydes is 2. The van der Waals surface area contributed by atoms with Crippen molar-refractivity contribution in [3.8, 4) is 23.0 Å². The maximum absolute atomic E-state index is 11.2. The van der Waals surface area contributed by atoms with Crippen LogP contribution in [0.1, 0.15) is 20.7 Å². The molecule has 0 spiro atoms. The lowest BCUT2D eigenvalue weighted by Crippen LogP contribution is -2.15. The van der Waals surface area contributed by atoms with Gasteiger partial charge in [-0.3, -0.25) is 9.59 Å². The van der Waals surface area contributed by atoms with Crippen LogP contribution in [-0.2, 0) is 28.4 Å². The van der Waals surface area contributed by atoms with Crippen molar-refractivity contribution in [3.05, 3.63) is 47.5 Å². The maximum atomic E-state index is 11.2. The van der Waals surface area contributed by atoms with Gasteiger partial charge in [-0.05, 0) is 36.4 Å². The number of rotatable bonds is 2. The first-order chi connectivity index (χ1) is 20.8. The minimum atomic E-state index is 0.280.